The summed E-state index contributed by atoms with van der Waals surface area (Å²) in [7, 11) is 0. The number of carbonyl (C=O) groups is 1. The van der Waals surface area contributed by atoms with Gasteiger partial charge in [-0.1, -0.05) is 23.4 Å². The maximum absolute atomic E-state index is 10.5. The van der Waals surface area contributed by atoms with Crippen molar-refractivity contribution in [3.05, 3.63) is 42.2 Å². The van der Waals surface area contributed by atoms with Gasteiger partial charge in [-0.25, -0.2) is 4.68 Å². The Balaban J connectivity index is 2.16. The Morgan fingerprint density at radius 1 is 1.47 bits per heavy atom. The maximum atomic E-state index is 10.5. The van der Waals surface area contributed by atoms with Gasteiger partial charge in [0.2, 0.25) is 0 Å². The highest BCUT2D eigenvalue weighted by Crippen LogP contribution is 2.11. The second-order valence-corrected chi connectivity index (χ2v) is 3.76. The standard InChI is InChI=1S/C12H11N5O2/c13-6-10(14-7-12(18)19)11-8-17(16-15-11)9-4-2-1-3-5-9/h1-5,8,10,14H,7H2,(H,18,19). The van der Waals surface area contributed by atoms with Crippen LogP contribution in [0.3, 0.4) is 0 Å². The number of nitriles is 1. The first-order valence-corrected chi connectivity index (χ1v) is 5.53. The molecule has 0 amide bonds. The van der Waals surface area contributed by atoms with Gasteiger partial charge in [0.25, 0.3) is 0 Å². The number of aliphatic carboxylic acids is 1. The number of nitrogens with zero attached hydrogens (tertiary/aromatic N) is 4. The number of aromatic nitrogens is 3. The minimum absolute atomic E-state index is 0.309. The Kier molecular flexibility index (Phi) is 3.85. The van der Waals surface area contributed by atoms with Gasteiger partial charge in [-0.3, -0.25) is 10.1 Å². The van der Waals surface area contributed by atoms with E-state index in [0.29, 0.717) is 5.69 Å². The molecule has 0 aliphatic rings. The molecule has 7 heteroatoms. The average molecular weight is 257 g/mol. The van der Waals surface area contributed by atoms with E-state index in [0.717, 1.165) is 5.69 Å². The number of hydrogen-bond acceptors (Lipinski definition) is 5. The zero-order valence-electron chi connectivity index (χ0n) is 9.89. The molecule has 0 spiro atoms. The van der Waals surface area contributed by atoms with Crippen LogP contribution < -0.4 is 5.32 Å². The van der Waals surface area contributed by atoms with Crippen molar-refractivity contribution in [3.63, 3.8) is 0 Å². The quantitative estimate of drug-likeness (QED) is 0.808. The van der Waals surface area contributed by atoms with Gasteiger partial charge in [-0.2, -0.15) is 5.26 Å². The summed E-state index contributed by atoms with van der Waals surface area (Å²) in [6.45, 7) is -0.309. The lowest BCUT2D eigenvalue weighted by Gasteiger charge is -2.04. The summed E-state index contributed by atoms with van der Waals surface area (Å²) >= 11 is 0. The predicted molar refractivity (Wildman–Crippen MR) is 65.4 cm³/mol. The lowest BCUT2D eigenvalue weighted by Crippen LogP contribution is -2.26. The summed E-state index contributed by atoms with van der Waals surface area (Å²) < 4.78 is 1.53. The fraction of sp³-hybridized carbons (Fsp3) is 0.167. The van der Waals surface area contributed by atoms with Crippen molar-refractivity contribution in [2.75, 3.05) is 6.54 Å². The van der Waals surface area contributed by atoms with Gasteiger partial charge in [0.15, 0.2) is 0 Å². The zero-order chi connectivity index (χ0) is 13.7. The molecule has 2 aromatic rings. The average Bonchev–Trinajstić information content (AvgIpc) is 2.90. The fourth-order valence-electron chi connectivity index (χ4n) is 1.52. The molecule has 7 nitrogen and oxygen atoms in total. The Bertz CT molecular complexity index is 602. The zero-order valence-corrected chi connectivity index (χ0v) is 9.89. The Labute approximate surface area is 109 Å². The highest BCUT2D eigenvalue weighted by molar-refractivity contribution is 5.69. The van der Waals surface area contributed by atoms with Gasteiger partial charge in [0, 0.05) is 0 Å². The van der Waals surface area contributed by atoms with Crippen LogP contribution in [0.1, 0.15) is 11.7 Å². The molecule has 1 unspecified atom stereocenters. The second kappa shape index (κ2) is 5.75. The van der Waals surface area contributed by atoms with E-state index >= 15 is 0 Å². The van der Waals surface area contributed by atoms with Crippen molar-refractivity contribution >= 4 is 5.97 Å². The van der Waals surface area contributed by atoms with Crippen molar-refractivity contribution in [1.29, 1.82) is 5.26 Å². The van der Waals surface area contributed by atoms with Crippen molar-refractivity contribution < 1.29 is 9.90 Å². The third kappa shape index (κ3) is 3.14. The molecule has 0 bridgehead atoms. The minimum atomic E-state index is -1.03. The molecule has 0 radical (unpaired) electrons. The number of nitrogens with one attached hydrogen (secondary N) is 1. The number of benzene rings is 1. The maximum Gasteiger partial charge on any atom is 0.317 e. The molecule has 2 rings (SSSR count). The third-order valence-electron chi connectivity index (χ3n) is 2.41. The first kappa shape index (κ1) is 12.7. The van der Waals surface area contributed by atoms with E-state index in [9.17, 15) is 4.79 Å². The van der Waals surface area contributed by atoms with Gasteiger partial charge in [0.05, 0.1) is 24.5 Å². The number of carboxylic acids is 1. The molecule has 19 heavy (non-hydrogen) atoms. The molecule has 0 aliphatic heterocycles. The van der Waals surface area contributed by atoms with E-state index in [1.54, 1.807) is 6.20 Å². The fourth-order valence-corrected chi connectivity index (χ4v) is 1.52. The second-order valence-electron chi connectivity index (χ2n) is 3.76. The SMILES string of the molecule is N#CC(NCC(=O)O)c1cn(-c2ccccc2)nn1. The predicted octanol–water partition coefficient (Wildman–Crippen LogP) is 0.506. The van der Waals surface area contributed by atoms with Crippen LogP contribution in [-0.2, 0) is 4.79 Å². The lowest BCUT2D eigenvalue weighted by molar-refractivity contribution is -0.136. The van der Waals surface area contributed by atoms with Crippen molar-refractivity contribution in [3.8, 4) is 11.8 Å². The van der Waals surface area contributed by atoms with Crippen LogP contribution in [0.5, 0.6) is 0 Å². The first-order valence-electron chi connectivity index (χ1n) is 5.53. The van der Waals surface area contributed by atoms with Gasteiger partial charge in [0.1, 0.15) is 11.7 Å². The van der Waals surface area contributed by atoms with E-state index in [1.807, 2.05) is 36.4 Å². The van der Waals surface area contributed by atoms with Crippen LogP contribution in [0.25, 0.3) is 5.69 Å². The molecule has 1 aromatic carbocycles. The van der Waals surface area contributed by atoms with Crippen LogP contribution in [0, 0.1) is 11.3 Å². The van der Waals surface area contributed by atoms with Crippen LogP contribution in [0.4, 0.5) is 0 Å². The molecule has 96 valence electrons. The molecular weight excluding hydrogens is 246 g/mol. The lowest BCUT2D eigenvalue weighted by atomic mass is 10.2. The van der Waals surface area contributed by atoms with Crippen LogP contribution >= 0.6 is 0 Å². The third-order valence-corrected chi connectivity index (χ3v) is 2.41. The summed E-state index contributed by atoms with van der Waals surface area (Å²) in [5.74, 6) is -1.03. The number of hydrogen-bond donors (Lipinski definition) is 2. The van der Waals surface area contributed by atoms with Crippen molar-refractivity contribution in [1.82, 2.24) is 20.3 Å². The molecule has 0 fully saturated rings. The van der Waals surface area contributed by atoms with E-state index in [-0.39, 0.29) is 6.54 Å². The molecule has 0 aliphatic carbocycles. The Morgan fingerprint density at radius 2 is 2.21 bits per heavy atom. The molecular formula is C12H11N5O2. The van der Waals surface area contributed by atoms with Gasteiger partial charge in [-0.05, 0) is 12.1 Å². The summed E-state index contributed by atoms with van der Waals surface area (Å²) in [4.78, 5) is 10.5. The highest BCUT2D eigenvalue weighted by atomic mass is 16.4. The van der Waals surface area contributed by atoms with Gasteiger partial charge < -0.3 is 5.11 Å². The molecule has 0 saturated carbocycles. The van der Waals surface area contributed by atoms with Gasteiger partial charge >= 0.3 is 5.97 Å². The molecule has 2 N–H and O–H groups in total. The van der Waals surface area contributed by atoms with Crippen LogP contribution in [0.15, 0.2) is 36.5 Å². The van der Waals surface area contributed by atoms with Crippen LogP contribution in [0.2, 0.25) is 0 Å². The van der Waals surface area contributed by atoms with E-state index in [4.69, 9.17) is 10.4 Å². The van der Waals surface area contributed by atoms with E-state index in [1.165, 1.54) is 4.68 Å². The van der Waals surface area contributed by atoms with E-state index < -0.39 is 12.0 Å². The first-order chi connectivity index (χ1) is 9.20. The summed E-state index contributed by atoms with van der Waals surface area (Å²) in [5.41, 5.74) is 1.20. The normalized spacial score (nSPS) is 11.7. The monoisotopic (exact) mass is 257 g/mol. The Morgan fingerprint density at radius 3 is 2.84 bits per heavy atom. The minimum Gasteiger partial charge on any atom is -0.480 e. The molecule has 1 atom stereocenters. The largest absolute Gasteiger partial charge is 0.480 e. The molecule has 1 heterocycles. The highest BCUT2D eigenvalue weighted by Gasteiger charge is 2.15. The molecule has 1 aromatic heterocycles. The topological polar surface area (TPSA) is 104 Å². The Hall–Kier alpha value is -2.72. The summed E-state index contributed by atoms with van der Waals surface area (Å²) in [6, 6.07) is 10.5. The molecule has 0 saturated heterocycles. The summed E-state index contributed by atoms with van der Waals surface area (Å²) in [6.07, 6.45) is 1.60. The number of rotatable bonds is 5. The smallest absolute Gasteiger partial charge is 0.317 e. The van der Waals surface area contributed by atoms with Crippen molar-refractivity contribution in [2.24, 2.45) is 0 Å². The van der Waals surface area contributed by atoms with Crippen molar-refractivity contribution in [2.45, 2.75) is 6.04 Å². The number of para-hydroxylation sites is 1. The summed E-state index contributed by atoms with van der Waals surface area (Å²) in [5, 5.41) is 27.9. The van der Waals surface area contributed by atoms with E-state index in [2.05, 4.69) is 15.6 Å². The van der Waals surface area contributed by atoms with Crippen LogP contribution in [-0.4, -0.2) is 32.6 Å². The number of carboxylic acid groups (broad SMARTS) is 1. The van der Waals surface area contributed by atoms with Gasteiger partial charge in [-0.15, -0.1) is 5.10 Å².